The van der Waals surface area contributed by atoms with Crippen molar-refractivity contribution < 1.29 is 5.11 Å². The second-order valence-corrected chi connectivity index (χ2v) is 4.36. The van der Waals surface area contributed by atoms with Gasteiger partial charge in [-0.2, -0.15) is 0 Å². The number of hydrogen-bond acceptors (Lipinski definition) is 2. The quantitative estimate of drug-likeness (QED) is 0.566. The van der Waals surface area contributed by atoms with E-state index in [9.17, 15) is 0 Å². The molecule has 0 aromatic rings. The van der Waals surface area contributed by atoms with Gasteiger partial charge < -0.3 is 10.4 Å². The summed E-state index contributed by atoms with van der Waals surface area (Å²) in [5, 5.41) is 12.1. The van der Waals surface area contributed by atoms with Gasteiger partial charge >= 0.3 is 0 Å². The van der Waals surface area contributed by atoms with E-state index in [0.717, 1.165) is 19.4 Å². The number of aliphatic hydroxyl groups excluding tert-OH is 1. The molecule has 2 nitrogen and oxygen atoms in total. The molecular weight excluding hydrogens is 162 g/mol. The van der Waals surface area contributed by atoms with Gasteiger partial charge in [0.25, 0.3) is 0 Å². The molecule has 1 aliphatic rings. The fourth-order valence-corrected chi connectivity index (χ4v) is 1.94. The van der Waals surface area contributed by atoms with Crippen molar-refractivity contribution in [3.05, 3.63) is 0 Å². The molecule has 0 heterocycles. The highest BCUT2D eigenvalue weighted by Gasteiger charge is 2.40. The van der Waals surface area contributed by atoms with E-state index in [1.165, 1.54) is 32.2 Å². The van der Waals surface area contributed by atoms with Gasteiger partial charge in [0.1, 0.15) is 0 Å². The van der Waals surface area contributed by atoms with Crippen LogP contribution in [0.15, 0.2) is 0 Å². The average molecular weight is 185 g/mol. The van der Waals surface area contributed by atoms with E-state index in [-0.39, 0.29) is 0 Å². The Bertz CT molecular complexity index is 132. The molecule has 1 fully saturated rings. The van der Waals surface area contributed by atoms with Crippen LogP contribution in [0.5, 0.6) is 0 Å². The Labute approximate surface area is 81.7 Å². The van der Waals surface area contributed by atoms with Crippen molar-refractivity contribution in [3.63, 3.8) is 0 Å². The minimum absolute atomic E-state index is 0.335. The van der Waals surface area contributed by atoms with Crippen molar-refractivity contribution in [2.24, 2.45) is 5.41 Å². The lowest BCUT2D eigenvalue weighted by molar-refractivity contribution is 0.282. The number of unbranched alkanes of at least 4 members (excludes halogenated alkanes) is 1. The van der Waals surface area contributed by atoms with E-state index in [1.54, 1.807) is 0 Å². The van der Waals surface area contributed by atoms with Crippen molar-refractivity contribution >= 4 is 0 Å². The maximum absolute atomic E-state index is 8.59. The molecule has 0 radical (unpaired) electrons. The predicted octanol–water partition coefficient (Wildman–Crippen LogP) is 1.93. The molecule has 0 spiro atoms. The lowest BCUT2D eigenvalue weighted by Crippen LogP contribution is -2.25. The summed E-state index contributed by atoms with van der Waals surface area (Å²) in [6.07, 6.45) is 7.60. The maximum Gasteiger partial charge on any atom is 0.0431 e. The molecule has 0 aliphatic heterocycles. The van der Waals surface area contributed by atoms with Gasteiger partial charge in [-0.15, -0.1) is 0 Å². The average Bonchev–Trinajstić information content (AvgIpc) is 2.86. The third-order valence-corrected chi connectivity index (χ3v) is 3.00. The first-order chi connectivity index (χ1) is 6.33. The molecule has 1 rings (SSSR count). The molecule has 1 saturated carbocycles. The van der Waals surface area contributed by atoms with Crippen LogP contribution >= 0.6 is 0 Å². The van der Waals surface area contributed by atoms with Crippen molar-refractivity contribution in [3.8, 4) is 0 Å². The Morgan fingerprint density at radius 2 is 2.08 bits per heavy atom. The second kappa shape index (κ2) is 5.61. The Hall–Kier alpha value is -0.0800. The molecule has 0 atom stereocenters. The molecule has 0 aromatic heterocycles. The fraction of sp³-hybridized carbons (Fsp3) is 1.00. The minimum atomic E-state index is 0.335. The molecule has 0 amide bonds. The monoisotopic (exact) mass is 185 g/mol. The molecule has 13 heavy (non-hydrogen) atoms. The van der Waals surface area contributed by atoms with Gasteiger partial charge in [-0.25, -0.2) is 0 Å². The molecule has 2 N–H and O–H groups in total. The number of rotatable bonds is 8. The molecule has 78 valence electrons. The van der Waals surface area contributed by atoms with Gasteiger partial charge in [0.15, 0.2) is 0 Å². The fourth-order valence-electron chi connectivity index (χ4n) is 1.94. The minimum Gasteiger partial charge on any atom is -0.396 e. The van der Waals surface area contributed by atoms with Gasteiger partial charge in [0.2, 0.25) is 0 Å². The molecule has 2 heteroatoms. The molecule has 0 unspecified atom stereocenters. The molecular formula is C11H23NO. The summed E-state index contributed by atoms with van der Waals surface area (Å²) in [5.41, 5.74) is 0.675. The molecule has 0 bridgehead atoms. The van der Waals surface area contributed by atoms with Crippen LogP contribution in [-0.2, 0) is 0 Å². The first-order valence-electron chi connectivity index (χ1n) is 5.64. The Kier molecular flexibility index (Phi) is 4.74. The van der Waals surface area contributed by atoms with Gasteiger partial charge in [0.05, 0.1) is 0 Å². The Morgan fingerprint density at radius 3 is 2.62 bits per heavy atom. The summed E-state index contributed by atoms with van der Waals surface area (Å²) in [6, 6.07) is 0. The van der Waals surface area contributed by atoms with Crippen molar-refractivity contribution in [1.29, 1.82) is 0 Å². The van der Waals surface area contributed by atoms with Crippen molar-refractivity contribution in [2.75, 3.05) is 19.7 Å². The van der Waals surface area contributed by atoms with Crippen LogP contribution in [0, 0.1) is 5.41 Å². The third kappa shape index (κ3) is 4.10. The zero-order valence-corrected chi connectivity index (χ0v) is 8.81. The lowest BCUT2D eigenvalue weighted by Gasteiger charge is -2.14. The van der Waals surface area contributed by atoms with Crippen LogP contribution in [-0.4, -0.2) is 24.8 Å². The van der Waals surface area contributed by atoms with E-state index < -0.39 is 0 Å². The normalized spacial score (nSPS) is 18.9. The van der Waals surface area contributed by atoms with E-state index >= 15 is 0 Å². The predicted molar refractivity (Wildman–Crippen MR) is 55.8 cm³/mol. The van der Waals surface area contributed by atoms with E-state index in [0.29, 0.717) is 12.0 Å². The maximum atomic E-state index is 8.59. The highest BCUT2D eigenvalue weighted by molar-refractivity contribution is 4.94. The first kappa shape index (κ1) is 11.0. The van der Waals surface area contributed by atoms with E-state index in [1.807, 2.05) is 0 Å². The Morgan fingerprint density at radius 1 is 1.31 bits per heavy atom. The summed E-state index contributed by atoms with van der Waals surface area (Å²) >= 11 is 0. The highest BCUT2D eigenvalue weighted by atomic mass is 16.2. The van der Waals surface area contributed by atoms with Crippen LogP contribution in [0.1, 0.15) is 45.4 Å². The van der Waals surface area contributed by atoms with Gasteiger partial charge in [0, 0.05) is 13.2 Å². The lowest BCUT2D eigenvalue weighted by atomic mass is 10.0. The van der Waals surface area contributed by atoms with E-state index in [4.69, 9.17) is 5.11 Å². The number of nitrogens with one attached hydrogen (secondary N) is 1. The SMILES string of the molecule is CCCC1(CNCCCCO)CC1. The van der Waals surface area contributed by atoms with Crippen molar-refractivity contribution in [1.82, 2.24) is 5.32 Å². The summed E-state index contributed by atoms with van der Waals surface area (Å²) in [6.45, 7) is 4.88. The van der Waals surface area contributed by atoms with Gasteiger partial charge in [-0.3, -0.25) is 0 Å². The van der Waals surface area contributed by atoms with E-state index in [2.05, 4.69) is 12.2 Å². The number of hydrogen-bond donors (Lipinski definition) is 2. The van der Waals surface area contributed by atoms with Crippen molar-refractivity contribution in [2.45, 2.75) is 45.4 Å². The largest absolute Gasteiger partial charge is 0.396 e. The summed E-state index contributed by atoms with van der Waals surface area (Å²) in [4.78, 5) is 0. The zero-order chi connectivity index (χ0) is 9.57. The topological polar surface area (TPSA) is 32.3 Å². The molecule has 1 aliphatic carbocycles. The Balaban J connectivity index is 1.93. The molecule has 0 saturated heterocycles. The summed E-state index contributed by atoms with van der Waals surface area (Å²) < 4.78 is 0. The molecule has 0 aromatic carbocycles. The standard InChI is InChI=1S/C11H23NO/c1-2-5-11(6-7-11)10-12-8-3-4-9-13/h12-13H,2-10H2,1H3. The van der Waals surface area contributed by atoms with Crippen LogP contribution in [0.4, 0.5) is 0 Å². The number of aliphatic hydroxyl groups is 1. The zero-order valence-electron chi connectivity index (χ0n) is 8.81. The highest BCUT2D eigenvalue weighted by Crippen LogP contribution is 2.48. The smallest absolute Gasteiger partial charge is 0.0431 e. The van der Waals surface area contributed by atoms with Crippen LogP contribution in [0.25, 0.3) is 0 Å². The first-order valence-corrected chi connectivity index (χ1v) is 5.64. The summed E-state index contributed by atoms with van der Waals surface area (Å²) in [7, 11) is 0. The van der Waals surface area contributed by atoms with Crippen LogP contribution in [0.3, 0.4) is 0 Å². The van der Waals surface area contributed by atoms with Gasteiger partial charge in [-0.1, -0.05) is 13.3 Å². The van der Waals surface area contributed by atoms with Crippen LogP contribution in [0.2, 0.25) is 0 Å². The van der Waals surface area contributed by atoms with Crippen LogP contribution < -0.4 is 5.32 Å². The third-order valence-electron chi connectivity index (χ3n) is 3.00. The van der Waals surface area contributed by atoms with Gasteiger partial charge in [-0.05, 0) is 44.1 Å². The summed E-state index contributed by atoms with van der Waals surface area (Å²) in [5.74, 6) is 0. The second-order valence-electron chi connectivity index (χ2n) is 4.36.